The summed E-state index contributed by atoms with van der Waals surface area (Å²) in [4.78, 5) is 28.0. The molecule has 2 fully saturated rings. The maximum absolute atomic E-state index is 13.8. The molecule has 2 heterocycles. The number of aliphatic hydroxyl groups excluding tert-OH is 1. The van der Waals surface area contributed by atoms with Crippen LogP contribution in [0.4, 0.5) is 4.79 Å². The first-order chi connectivity index (χ1) is 16.2. The Kier molecular flexibility index (Phi) is 5.81. The number of carbonyl (C=O) groups excluding carboxylic acids is 1. The van der Waals surface area contributed by atoms with Crippen molar-refractivity contribution in [1.82, 2.24) is 9.47 Å². The number of carbonyl (C=O) groups is 1. The second kappa shape index (κ2) is 8.54. The fourth-order valence-electron chi connectivity index (χ4n) is 4.63. The molecule has 2 aliphatic rings. The molecule has 5 rings (SSSR count). The number of aliphatic hydroxyl groups is 1. The Labute approximate surface area is 207 Å². The molecule has 0 atom stereocenters. The second-order valence-electron chi connectivity index (χ2n) is 10.3. The zero-order valence-corrected chi connectivity index (χ0v) is 21.3. The van der Waals surface area contributed by atoms with Gasteiger partial charge in [-0.3, -0.25) is 9.36 Å². The van der Waals surface area contributed by atoms with E-state index in [2.05, 4.69) is 34.1 Å². The van der Waals surface area contributed by atoms with Crippen LogP contribution in [0, 0.1) is 0 Å². The Morgan fingerprint density at radius 3 is 2.50 bits per heavy atom. The van der Waals surface area contributed by atoms with Gasteiger partial charge in [0.05, 0.1) is 12.3 Å². The molecule has 7 heteroatoms. The summed E-state index contributed by atoms with van der Waals surface area (Å²) in [6.07, 6.45) is 2.05. The quantitative estimate of drug-likeness (QED) is 0.492. The molecule has 1 saturated carbocycles. The SMILES string of the molecule is CC(C)(C)OC(=O)N1CC(c2cc3cc(C4CC4)ccc3c(=O)n2-c2cccc(Br)c2CO)C1. The fraction of sp³-hybridized carbons (Fsp3) is 0.407. The van der Waals surface area contributed by atoms with E-state index in [1.165, 1.54) is 18.4 Å². The number of benzene rings is 2. The number of fused-ring (bicyclic) bond motifs is 1. The van der Waals surface area contributed by atoms with Crippen LogP contribution in [-0.4, -0.2) is 39.4 Å². The lowest BCUT2D eigenvalue weighted by atomic mass is 9.93. The Morgan fingerprint density at radius 1 is 1.12 bits per heavy atom. The standard InChI is InChI=1S/C27H29BrN2O4/c1-27(2,3)34-26(33)29-13-19(14-29)24-12-18-11-17(16-7-8-16)9-10-20(18)25(32)30(24)23-6-4-5-22(28)21(23)15-31/h4-6,9-12,16,19,31H,7-8,13-15H2,1-3H3. The van der Waals surface area contributed by atoms with Gasteiger partial charge in [-0.25, -0.2) is 4.79 Å². The normalized spacial score (nSPS) is 16.6. The lowest BCUT2D eigenvalue weighted by Gasteiger charge is -2.40. The van der Waals surface area contributed by atoms with Crippen molar-refractivity contribution < 1.29 is 14.6 Å². The lowest BCUT2D eigenvalue weighted by molar-refractivity contribution is 0.00770. The van der Waals surface area contributed by atoms with Gasteiger partial charge in [0.2, 0.25) is 0 Å². The molecule has 0 bridgehead atoms. The molecule has 1 saturated heterocycles. The molecule has 1 amide bonds. The number of amides is 1. The number of likely N-dealkylation sites (tertiary alicyclic amines) is 1. The van der Waals surface area contributed by atoms with Gasteiger partial charge in [-0.15, -0.1) is 0 Å². The van der Waals surface area contributed by atoms with Crippen molar-refractivity contribution in [3.8, 4) is 5.69 Å². The van der Waals surface area contributed by atoms with Crippen molar-refractivity contribution >= 4 is 32.8 Å². The van der Waals surface area contributed by atoms with E-state index < -0.39 is 5.60 Å². The van der Waals surface area contributed by atoms with Gasteiger partial charge in [0.25, 0.3) is 5.56 Å². The molecule has 0 unspecified atom stereocenters. The van der Waals surface area contributed by atoms with Crippen molar-refractivity contribution in [2.75, 3.05) is 13.1 Å². The predicted molar refractivity (Wildman–Crippen MR) is 136 cm³/mol. The molecule has 2 aromatic carbocycles. The summed E-state index contributed by atoms with van der Waals surface area (Å²) < 4.78 is 7.98. The van der Waals surface area contributed by atoms with Crippen LogP contribution in [-0.2, 0) is 11.3 Å². The van der Waals surface area contributed by atoms with Crippen LogP contribution in [0.5, 0.6) is 0 Å². The highest BCUT2D eigenvalue weighted by molar-refractivity contribution is 9.10. The maximum atomic E-state index is 13.8. The van der Waals surface area contributed by atoms with Crippen LogP contribution in [0.3, 0.4) is 0 Å². The van der Waals surface area contributed by atoms with Crippen LogP contribution in [0.1, 0.15) is 62.3 Å². The molecule has 0 spiro atoms. The summed E-state index contributed by atoms with van der Waals surface area (Å²) in [6, 6.07) is 13.8. The van der Waals surface area contributed by atoms with E-state index in [0.717, 1.165) is 15.6 Å². The second-order valence-corrected chi connectivity index (χ2v) is 11.2. The molecule has 1 aromatic heterocycles. The third-order valence-electron chi connectivity index (χ3n) is 6.56. The Morgan fingerprint density at radius 2 is 1.85 bits per heavy atom. The Hall–Kier alpha value is -2.64. The van der Waals surface area contributed by atoms with Gasteiger partial charge in [0.1, 0.15) is 5.60 Å². The van der Waals surface area contributed by atoms with Crippen molar-refractivity contribution in [2.45, 2.75) is 57.7 Å². The number of halogens is 1. The van der Waals surface area contributed by atoms with E-state index in [-0.39, 0.29) is 24.2 Å². The van der Waals surface area contributed by atoms with Gasteiger partial charge in [-0.2, -0.15) is 0 Å². The third kappa shape index (κ3) is 4.27. The number of hydrogen-bond donors (Lipinski definition) is 1. The molecule has 0 radical (unpaired) electrons. The minimum atomic E-state index is -0.557. The summed E-state index contributed by atoms with van der Waals surface area (Å²) in [6.45, 7) is 6.31. The largest absolute Gasteiger partial charge is 0.444 e. The van der Waals surface area contributed by atoms with Gasteiger partial charge in [0.15, 0.2) is 0 Å². The summed E-state index contributed by atoms with van der Waals surface area (Å²) >= 11 is 3.52. The number of hydrogen-bond acceptors (Lipinski definition) is 4. The smallest absolute Gasteiger partial charge is 0.410 e. The van der Waals surface area contributed by atoms with Crippen LogP contribution in [0.2, 0.25) is 0 Å². The van der Waals surface area contributed by atoms with Gasteiger partial charge in [-0.05, 0) is 74.7 Å². The minimum absolute atomic E-state index is 0.0141. The van der Waals surface area contributed by atoms with E-state index in [0.29, 0.717) is 35.6 Å². The molecule has 6 nitrogen and oxygen atoms in total. The number of nitrogens with zero attached hydrogens (tertiary/aromatic N) is 2. The van der Waals surface area contributed by atoms with Crippen LogP contribution in [0.15, 0.2) is 51.7 Å². The minimum Gasteiger partial charge on any atom is -0.444 e. The van der Waals surface area contributed by atoms with Crippen LogP contribution >= 0.6 is 15.9 Å². The van der Waals surface area contributed by atoms with Gasteiger partial charge >= 0.3 is 6.09 Å². The van der Waals surface area contributed by atoms with E-state index >= 15 is 0 Å². The van der Waals surface area contributed by atoms with E-state index in [1.807, 2.05) is 45.0 Å². The van der Waals surface area contributed by atoms with Gasteiger partial charge < -0.3 is 14.7 Å². The molecule has 1 aliphatic heterocycles. The first kappa shape index (κ1) is 23.1. The summed E-state index contributed by atoms with van der Waals surface area (Å²) in [5.41, 5.74) is 2.76. The first-order valence-electron chi connectivity index (χ1n) is 11.7. The zero-order valence-electron chi connectivity index (χ0n) is 19.7. The topological polar surface area (TPSA) is 71.8 Å². The fourth-order valence-corrected chi connectivity index (χ4v) is 5.11. The van der Waals surface area contributed by atoms with E-state index in [1.54, 1.807) is 9.47 Å². The van der Waals surface area contributed by atoms with Gasteiger partial charge in [-0.1, -0.05) is 34.1 Å². The highest BCUT2D eigenvalue weighted by Crippen LogP contribution is 2.41. The molecular weight excluding hydrogens is 496 g/mol. The first-order valence-corrected chi connectivity index (χ1v) is 12.5. The highest BCUT2D eigenvalue weighted by Gasteiger charge is 2.37. The van der Waals surface area contributed by atoms with Gasteiger partial charge in [0, 0.05) is 40.1 Å². The average molecular weight is 525 g/mol. The van der Waals surface area contributed by atoms with Crippen molar-refractivity contribution in [1.29, 1.82) is 0 Å². The zero-order chi connectivity index (χ0) is 24.2. The van der Waals surface area contributed by atoms with Crippen molar-refractivity contribution in [3.05, 3.63) is 74.1 Å². The van der Waals surface area contributed by atoms with E-state index in [4.69, 9.17) is 4.74 Å². The highest BCUT2D eigenvalue weighted by atomic mass is 79.9. The van der Waals surface area contributed by atoms with Crippen LogP contribution < -0.4 is 5.56 Å². The lowest BCUT2D eigenvalue weighted by Crippen LogP contribution is -2.51. The number of ether oxygens (including phenoxy) is 1. The summed E-state index contributed by atoms with van der Waals surface area (Å²) in [5.74, 6) is 0.576. The summed E-state index contributed by atoms with van der Waals surface area (Å²) in [5, 5.41) is 11.7. The molecule has 3 aromatic rings. The van der Waals surface area contributed by atoms with Crippen molar-refractivity contribution in [3.63, 3.8) is 0 Å². The molecular formula is C27H29BrN2O4. The number of pyridine rings is 1. The molecule has 1 aliphatic carbocycles. The average Bonchev–Trinajstić information content (AvgIpc) is 3.56. The molecule has 1 N–H and O–H groups in total. The Balaban J connectivity index is 1.61. The van der Waals surface area contributed by atoms with E-state index in [9.17, 15) is 14.7 Å². The number of rotatable bonds is 4. The monoisotopic (exact) mass is 524 g/mol. The molecule has 34 heavy (non-hydrogen) atoms. The number of aromatic nitrogens is 1. The third-order valence-corrected chi connectivity index (χ3v) is 7.31. The summed E-state index contributed by atoms with van der Waals surface area (Å²) in [7, 11) is 0. The maximum Gasteiger partial charge on any atom is 0.410 e. The van der Waals surface area contributed by atoms with Crippen molar-refractivity contribution in [2.24, 2.45) is 0 Å². The Bertz CT molecular complexity index is 1330. The molecule has 178 valence electrons. The van der Waals surface area contributed by atoms with Crippen LogP contribution in [0.25, 0.3) is 16.5 Å². The predicted octanol–water partition coefficient (Wildman–Crippen LogP) is 5.46.